The summed E-state index contributed by atoms with van der Waals surface area (Å²) in [5, 5.41) is 3.54. The maximum absolute atomic E-state index is 6.20. The minimum absolute atomic E-state index is 0.0716. The molecule has 2 atom stereocenters. The number of ether oxygens (including phenoxy) is 2. The molecule has 0 bridgehead atoms. The lowest BCUT2D eigenvalue weighted by atomic mass is 10.1. The van der Waals surface area contributed by atoms with Gasteiger partial charge in [0.05, 0.1) is 19.3 Å². The smallest absolute Gasteiger partial charge is 0.0949 e. The molecule has 0 saturated carbocycles. The fraction of sp³-hybridized carbons (Fsp3) is 0.647. The molecule has 0 radical (unpaired) electrons. The highest BCUT2D eigenvalue weighted by Gasteiger charge is 2.21. The Morgan fingerprint density at radius 1 is 1.43 bits per heavy atom. The van der Waals surface area contributed by atoms with Gasteiger partial charge in [0.15, 0.2) is 0 Å². The van der Waals surface area contributed by atoms with Gasteiger partial charge < -0.3 is 14.8 Å². The van der Waals surface area contributed by atoms with Crippen LogP contribution in [-0.2, 0) is 9.47 Å². The Morgan fingerprint density at radius 2 is 2.24 bits per heavy atom. The number of benzene rings is 1. The number of halogens is 1. The molecule has 118 valence electrons. The summed E-state index contributed by atoms with van der Waals surface area (Å²) in [4.78, 5) is 0. The topological polar surface area (TPSA) is 30.5 Å². The summed E-state index contributed by atoms with van der Waals surface area (Å²) in [5.41, 5.74) is 1.30. The summed E-state index contributed by atoms with van der Waals surface area (Å²) in [5.74, 6) is 0.536. The maximum atomic E-state index is 6.20. The first kappa shape index (κ1) is 16.9. The van der Waals surface area contributed by atoms with E-state index < -0.39 is 0 Å². The van der Waals surface area contributed by atoms with E-state index in [9.17, 15) is 0 Å². The minimum Gasteiger partial charge on any atom is -0.381 e. The van der Waals surface area contributed by atoms with Crippen LogP contribution in [-0.4, -0.2) is 31.9 Å². The largest absolute Gasteiger partial charge is 0.381 e. The highest BCUT2D eigenvalue weighted by Crippen LogP contribution is 2.23. The number of hydrogen-bond donors (Lipinski definition) is 1. The van der Waals surface area contributed by atoms with Crippen LogP contribution in [0.2, 0.25) is 0 Å². The molecule has 1 heterocycles. The third-order valence-electron chi connectivity index (χ3n) is 3.60. The summed E-state index contributed by atoms with van der Waals surface area (Å²) in [7, 11) is 0. The molecule has 21 heavy (non-hydrogen) atoms. The van der Waals surface area contributed by atoms with Gasteiger partial charge in [0, 0.05) is 29.1 Å². The molecule has 1 saturated heterocycles. The van der Waals surface area contributed by atoms with Crippen molar-refractivity contribution in [3.63, 3.8) is 0 Å². The molecule has 3 nitrogen and oxygen atoms in total. The molecule has 2 unspecified atom stereocenters. The van der Waals surface area contributed by atoms with Crippen LogP contribution in [0.15, 0.2) is 28.7 Å². The van der Waals surface area contributed by atoms with E-state index >= 15 is 0 Å². The average molecular weight is 356 g/mol. The number of hydrogen-bond acceptors (Lipinski definition) is 3. The van der Waals surface area contributed by atoms with Crippen LogP contribution in [0.3, 0.4) is 0 Å². The summed E-state index contributed by atoms with van der Waals surface area (Å²) >= 11 is 3.54. The Labute approximate surface area is 136 Å². The molecule has 1 N–H and O–H groups in total. The van der Waals surface area contributed by atoms with Gasteiger partial charge in [-0.3, -0.25) is 0 Å². The normalized spacial score (nSPS) is 20.7. The molecule has 0 aromatic heterocycles. The predicted molar refractivity (Wildman–Crippen MR) is 89.5 cm³/mol. The molecule has 0 amide bonds. The molecular formula is C17H26BrNO2. The highest BCUT2D eigenvalue weighted by atomic mass is 79.9. The second-order valence-electron chi connectivity index (χ2n) is 6.74. The van der Waals surface area contributed by atoms with Crippen LogP contribution >= 0.6 is 15.9 Å². The van der Waals surface area contributed by atoms with E-state index in [0.717, 1.165) is 37.3 Å². The van der Waals surface area contributed by atoms with Gasteiger partial charge in [0.2, 0.25) is 0 Å². The van der Waals surface area contributed by atoms with E-state index in [1.807, 2.05) is 6.07 Å². The monoisotopic (exact) mass is 355 g/mol. The van der Waals surface area contributed by atoms with Crippen molar-refractivity contribution in [1.29, 1.82) is 0 Å². The van der Waals surface area contributed by atoms with E-state index in [0.29, 0.717) is 5.92 Å². The SMILES string of the molecule is CC(C)(C)NCC(OCC1CCOC1)c1cccc(Br)c1. The highest BCUT2D eigenvalue weighted by molar-refractivity contribution is 9.10. The summed E-state index contributed by atoms with van der Waals surface area (Å²) in [6.07, 6.45) is 1.18. The summed E-state index contributed by atoms with van der Waals surface area (Å²) < 4.78 is 12.7. The fourth-order valence-corrected chi connectivity index (χ4v) is 2.76. The first-order valence-corrected chi connectivity index (χ1v) is 8.43. The second-order valence-corrected chi connectivity index (χ2v) is 7.65. The molecule has 1 aromatic carbocycles. The first-order valence-electron chi connectivity index (χ1n) is 7.64. The third-order valence-corrected chi connectivity index (χ3v) is 4.09. The van der Waals surface area contributed by atoms with Gasteiger partial charge in [-0.05, 0) is 44.9 Å². The van der Waals surface area contributed by atoms with Gasteiger partial charge in [-0.25, -0.2) is 0 Å². The molecule has 2 rings (SSSR count). The Hall–Kier alpha value is -0.420. The van der Waals surface area contributed by atoms with Gasteiger partial charge in [-0.2, -0.15) is 0 Å². The van der Waals surface area contributed by atoms with Crippen molar-refractivity contribution in [2.24, 2.45) is 5.92 Å². The summed E-state index contributed by atoms with van der Waals surface area (Å²) in [6.45, 7) is 9.81. The molecule has 1 aliphatic rings. The lowest BCUT2D eigenvalue weighted by Gasteiger charge is -2.26. The van der Waals surface area contributed by atoms with Gasteiger partial charge in [-0.15, -0.1) is 0 Å². The van der Waals surface area contributed by atoms with Crippen LogP contribution in [0.5, 0.6) is 0 Å². The van der Waals surface area contributed by atoms with Gasteiger partial charge in [0.1, 0.15) is 0 Å². The fourth-order valence-electron chi connectivity index (χ4n) is 2.35. The standard InChI is InChI=1S/C17H26BrNO2/c1-17(2,3)19-10-16(14-5-4-6-15(18)9-14)21-12-13-7-8-20-11-13/h4-6,9,13,16,19H,7-8,10-12H2,1-3H3. The molecule has 0 aliphatic carbocycles. The average Bonchev–Trinajstić information content (AvgIpc) is 2.90. The quantitative estimate of drug-likeness (QED) is 0.838. The first-order chi connectivity index (χ1) is 9.94. The zero-order valence-corrected chi connectivity index (χ0v) is 14.8. The molecule has 4 heteroatoms. The zero-order valence-electron chi connectivity index (χ0n) is 13.2. The van der Waals surface area contributed by atoms with Crippen LogP contribution in [0.1, 0.15) is 38.9 Å². The predicted octanol–water partition coefficient (Wildman–Crippen LogP) is 3.93. The van der Waals surface area contributed by atoms with Crippen LogP contribution < -0.4 is 5.32 Å². The van der Waals surface area contributed by atoms with Crippen molar-refractivity contribution in [3.8, 4) is 0 Å². The number of nitrogens with one attached hydrogen (secondary N) is 1. The Kier molecular flexibility index (Phi) is 6.23. The van der Waals surface area contributed by atoms with Crippen molar-refractivity contribution in [2.75, 3.05) is 26.4 Å². The van der Waals surface area contributed by atoms with Crippen LogP contribution in [0.4, 0.5) is 0 Å². The Morgan fingerprint density at radius 3 is 2.86 bits per heavy atom. The third kappa shape index (κ3) is 6.07. The number of rotatable bonds is 6. The van der Waals surface area contributed by atoms with Crippen LogP contribution in [0.25, 0.3) is 0 Å². The van der Waals surface area contributed by atoms with Gasteiger partial charge >= 0.3 is 0 Å². The van der Waals surface area contributed by atoms with E-state index in [1.165, 1.54) is 5.56 Å². The van der Waals surface area contributed by atoms with E-state index in [-0.39, 0.29) is 11.6 Å². The molecule has 1 fully saturated rings. The van der Waals surface area contributed by atoms with E-state index in [2.05, 4.69) is 60.2 Å². The maximum Gasteiger partial charge on any atom is 0.0949 e. The van der Waals surface area contributed by atoms with Crippen molar-refractivity contribution >= 4 is 15.9 Å². The Balaban J connectivity index is 1.98. The van der Waals surface area contributed by atoms with Crippen molar-refractivity contribution in [3.05, 3.63) is 34.3 Å². The van der Waals surface area contributed by atoms with E-state index in [4.69, 9.17) is 9.47 Å². The Bertz CT molecular complexity index is 439. The molecule has 1 aliphatic heterocycles. The van der Waals surface area contributed by atoms with Gasteiger partial charge in [0.25, 0.3) is 0 Å². The van der Waals surface area contributed by atoms with E-state index in [1.54, 1.807) is 0 Å². The lowest BCUT2D eigenvalue weighted by molar-refractivity contribution is 0.0221. The van der Waals surface area contributed by atoms with Crippen molar-refractivity contribution in [1.82, 2.24) is 5.32 Å². The van der Waals surface area contributed by atoms with Gasteiger partial charge in [-0.1, -0.05) is 28.1 Å². The molecular weight excluding hydrogens is 330 g/mol. The van der Waals surface area contributed by atoms with Crippen molar-refractivity contribution in [2.45, 2.75) is 38.8 Å². The summed E-state index contributed by atoms with van der Waals surface area (Å²) in [6, 6.07) is 8.37. The molecule has 0 spiro atoms. The van der Waals surface area contributed by atoms with Crippen molar-refractivity contribution < 1.29 is 9.47 Å². The lowest BCUT2D eigenvalue weighted by Crippen LogP contribution is -2.39. The second kappa shape index (κ2) is 7.73. The van der Waals surface area contributed by atoms with Crippen LogP contribution in [0, 0.1) is 5.92 Å². The zero-order chi connectivity index (χ0) is 15.3. The molecule has 1 aromatic rings. The minimum atomic E-state index is 0.0716.